The molecule has 0 unspecified atom stereocenters. The average molecular weight is 348 g/mol. The van der Waals surface area contributed by atoms with Gasteiger partial charge in [-0.3, -0.25) is 0 Å². The standard InChI is InChI=1S/C16H36N.CH2N4.ClH/c1-5-9-13-17(14-10-6-2,15-11-7-3)16-12-8-4;1-2-4-5-3-1;/h5-16H2,1-4H3;1H,(H,2,3,4,5);1H/q+1;;/p-1. The van der Waals surface area contributed by atoms with E-state index in [-0.39, 0.29) is 12.4 Å². The van der Waals surface area contributed by atoms with Gasteiger partial charge in [-0.05, 0) is 25.7 Å². The first-order chi connectivity index (χ1) is 10.7. The van der Waals surface area contributed by atoms with Crippen LogP contribution in [0.3, 0.4) is 0 Å². The lowest BCUT2D eigenvalue weighted by molar-refractivity contribution is -0.929. The Bertz CT molecular complexity index is 251. The van der Waals surface area contributed by atoms with E-state index in [4.69, 9.17) is 0 Å². The second-order valence-electron chi connectivity index (χ2n) is 6.21. The molecular formula is C17H38ClN5. The normalized spacial score (nSPS) is 10.6. The van der Waals surface area contributed by atoms with E-state index in [2.05, 4.69) is 48.3 Å². The van der Waals surface area contributed by atoms with Crippen LogP contribution in [-0.2, 0) is 0 Å². The summed E-state index contributed by atoms with van der Waals surface area (Å²) in [5.74, 6) is 0. The Balaban J connectivity index is 0. The molecule has 1 N–H and O–H groups in total. The van der Waals surface area contributed by atoms with Crippen molar-refractivity contribution in [2.24, 2.45) is 0 Å². The van der Waals surface area contributed by atoms with Crippen LogP contribution in [0.4, 0.5) is 0 Å². The van der Waals surface area contributed by atoms with Gasteiger partial charge >= 0.3 is 0 Å². The van der Waals surface area contributed by atoms with Crippen molar-refractivity contribution in [3.8, 4) is 0 Å². The highest BCUT2D eigenvalue weighted by Crippen LogP contribution is 2.16. The van der Waals surface area contributed by atoms with Crippen molar-refractivity contribution in [2.45, 2.75) is 79.1 Å². The molecular weight excluding hydrogens is 310 g/mol. The van der Waals surface area contributed by atoms with Crippen molar-refractivity contribution in [2.75, 3.05) is 26.2 Å². The van der Waals surface area contributed by atoms with Crippen LogP contribution in [0.15, 0.2) is 6.33 Å². The Morgan fingerprint density at radius 1 is 0.739 bits per heavy atom. The van der Waals surface area contributed by atoms with Crippen LogP contribution in [0.5, 0.6) is 0 Å². The Morgan fingerprint density at radius 2 is 1.13 bits per heavy atom. The minimum atomic E-state index is 0. The van der Waals surface area contributed by atoms with E-state index >= 15 is 0 Å². The van der Waals surface area contributed by atoms with Crippen LogP contribution in [0.1, 0.15) is 79.1 Å². The fourth-order valence-electron chi connectivity index (χ4n) is 2.77. The number of nitrogens with one attached hydrogen (secondary N) is 1. The third kappa shape index (κ3) is 13.5. The molecule has 6 heteroatoms. The number of rotatable bonds is 12. The van der Waals surface area contributed by atoms with Crippen LogP contribution in [-0.4, -0.2) is 51.3 Å². The minimum Gasteiger partial charge on any atom is -1.00 e. The van der Waals surface area contributed by atoms with Crippen LogP contribution < -0.4 is 12.4 Å². The summed E-state index contributed by atoms with van der Waals surface area (Å²) in [5, 5.41) is 12.2. The van der Waals surface area contributed by atoms with Crippen LogP contribution in [0, 0.1) is 0 Å². The van der Waals surface area contributed by atoms with E-state index in [9.17, 15) is 0 Å². The Morgan fingerprint density at radius 3 is 1.30 bits per heavy atom. The minimum absolute atomic E-state index is 0. The van der Waals surface area contributed by atoms with E-state index in [0.717, 1.165) is 0 Å². The summed E-state index contributed by atoms with van der Waals surface area (Å²) in [7, 11) is 0. The van der Waals surface area contributed by atoms with Crippen molar-refractivity contribution >= 4 is 0 Å². The summed E-state index contributed by atoms with van der Waals surface area (Å²) in [5.41, 5.74) is 0. The van der Waals surface area contributed by atoms with Crippen LogP contribution in [0.25, 0.3) is 0 Å². The number of aromatic amines is 1. The molecule has 0 atom stereocenters. The molecule has 138 valence electrons. The van der Waals surface area contributed by atoms with E-state index in [1.807, 2.05) is 0 Å². The Hall–Kier alpha value is -0.680. The van der Waals surface area contributed by atoms with E-state index in [1.54, 1.807) is 0 Å². The zero-order chi connectivity index (χ0) is 16.5. The number of tetrazole rings is 1. The predicted molar refractivity (Wildman–Crippen MR) is 93.5 cm³/mol. The van der Waals surface area contributed by atoms with Gasteiger partial charge in [0.15, 0.2) is 6.33 Å². The van der Waals surface area contributed by atoms with Crippen LogP contribution >= 0.6 is 0 Å². The third-order valence-electron chi connectivity index (χ3n) is 4.21. The molecule has 0 aliphatic heterocycles. The molecule has 0 amide bonds. The lowest BCUT2D eigenvalue weighted by Crippen LogP contribution is -3.00. The number of hydrogen-bond donors (Lipinski definition) is 1. The molecule has 0 radical (unpaired) electrons. The van der Waals surface area contributed by atoms with Gasteiger partial charge in [0, 0.05) is 0 Å². The zero-order valence-corrected chi connectivity index (χ0v) is 16.5. The molecule has 0 fully saturated rings. The zero-order valence-electron chi connectivity index (χ0n) is 15.7. The quantitative estimate of drug-likeness (QED) is 0.578. The van der Waals surface area contributed by atoms with Crippen molar-refractivity contribution in [3.63, 3.8) is 0 Å². The van der Waals surface area contributed by atoms with Gasteiger partial charge in [-0.15, -0.1) is 10.2 Å². The number of aromatic nitrogens is 4. The summed E-state index contributed by atoms with van der Waals surface area (Å²) in [6, 6.07) is 0. The van der Waals surface area contributed by atoms with Gasteiger partial charge in [-0.1, -0.05) is 58.6 Å². The number of quaternary nitrogens is 1. The molecule has 5 nitrogen and oxygen atoms in total. The Kier molecular flexibility index (Phi) is 18.9. The van der Waals surface area contributed by atoms with Gasteiger partial charge < -0.3 is 16.9 Å². The maximum absolute atomic E-state index is 3.38. The van der Waals surface area contributed by atoms with Gasteiger partial charge in [0.1, 0.15) is 0 Å². The monoisotopic (exact) mass is 347 g/mol. The molecule has 0 aromatic carbocycles. The van der Waals surface area contributed by atoms with Gasteiger partial charge in [-0.25, -0.2) is 0 Å². The molecule has 0 saturated carbocycles. The summed E-state index contributed by atoms with van der Waals surface area (Å²) >= 11 is 0. The second kappa shape index (κ2) is 17.7. The van der Waals surface area contributed by atoms with Crippen molar-refractivity contribution in [1.82, 2.24) is 20.6 Å². The highest BCUT2D eigenvalue weighted by atomic mass is 35.5. The number of hydrogen-bond acceptors (Lipinski definition) is 3. The number of nitrogens with zero attached hydrogens (tertiary/aromatic N) is 4. The van der Waals surface area contributed by atoms with Crippen molar-refractivity contribution in [3.05, 3.63) is 6.33 Å². The maximum atomic E-state index is 3.38. The lowest BCUT2D eigenvalue weighted by Gasteiger charge is -2.39. The maximum Gasteiger partial charge on any atom is 0.161 e. The molecule has 1 aromatic heterocycles. The average Bonchev–Trinajstić information content (AvgIpc) is 3.13. The van der Waals surface area contributed by atoms with Crippen LogP contribution in [0.2, 0.25) is 0 Å². The van der Waals surface area contributed by atoms with E-state index in [1.165, 1.54) is 88.4 Å². The SMILES string of the molecule is CCCC[N+](CCCC)(CCCC)CCCC.[Cl-].c1nn[nH]n1. The van der Waals surface area contributed by atoms with E-state index in [0.29, 0.717) is 0 Å². The third-order valence-corrected chi connectivity index (χ3v) is 4.21. The first kappa shape index (κ1) is 24.6. The smallest absolute Gasteiger partial charge is 0.161 e. The highest BCUT2D eigenvalue weighted by Gasteiger charge is 2.24. The summed E-state index contributed by atoms with van der Waals surface area (Å²) < 4.78 is 1.42. The molecule has 0 spiro atoms. The van der Waals surface area contributed by atoms with Gasteiger partial charge in [0.05, 0.1) is 26.2 Å². The van der Waals surface area contributed by atoms with Gasteiger partial charge in [-0.2, -0.15) is 5.21 Å². The molecule has 0 bridgehead atoms. The lowest BCUT2D eigenvalue weighted by atomic mass is 10.1. The fraction of sp³-hybridized carbons (Fsp3) is 0.941. The fourth-order valence-corrected chi connectivity index (χ4v) is 2.77. The second-order valence-corrected chi connectivity index (χ2v) is 6.21. The largest absolute Gasteiger partial charge is 1.00 e. The summed E-state index contributed by atoms with van der Waals surface area (Å²) in [4.78, 5) is 0. The molecule has 23 heavy (non-hydrogen) atoms. The van der Waals surface area contributed by atoms with E-state index < -0.39 is 0 Å². The van der Waals surface area contributed by atoms with Gasteiger partial charge in [0.25, 0.3) is 0 Å². The molecule has 0 aliphatic carbocycles. The first-order valence-electron chi connectivity index (χ1n) is 9.26. The number of H-pyrrole nitrogens is 1. The Labute approximate surface area is 149 Å². The molecule has 1 heterocycles. The molecule has 0 saturated heterocycles. The number of halogens is 1. The van der Waals surface area contributed by atoms with Gasteiger partial charge in [0.2, 0.25) is 0 Å². The van der Waals surface area contributed by atoms with Crippen molar-refractivity contribution in [1.29, 1.82) is 0 Å². The summed E-state index contributed by atoms with van der Waals surface area (Å²) in [6.45, 7) is 15.0. The predicted octanol–water partition coefficient (Wildman–Crippen LogP) is 1.21. The topological polar surface area (TPSA) is 54.5 Å². The molecule has 1 rings (SSSR count). The molecule has 1 aromatic rings. The molecule has 0 aliphatic rings. The van der Waals surface area contributed by atoms with Crippen molar-refractivity contribution < 1.29 is 16.9 Å². The first-order valence-corrected chi connectivity index (χ1v) is 9.26. The number of unbranched alkanes of at least 4 members (excludes halogenated alkanes) is 4. The summed E-state index contributed by atoms with van der Waals surface area (Å²) in [6.07, 6.45) is 12.4. The highest BCUT2D eigenvalue weighted by molar-refractivity contribution is 4.49.